The molecule has 0 bridgehead atoms. The molecule has 0 aliphatic carbocycles. The fourth-order valence-corrected chi connectivity index (χ4v) is 3.92. The molecule has 1 fully saturated rings. The van der Waals surface area contributed by atoms with Crippen LogP contribution < -0.4 is 5.32 Å². The number of anilines is 1. The lowest BCUT2D eigenvalue weighted by Crippen LogP contribution is -2.40. The van der Waals surface area contributed by atoms with Gasteiger partial charge in [0.2, 0.25) is 5.91 Å². The van der Waals surface area contributed by atoms with Crippen molar-refractivity contribution in [2.45, 2.75) is 26.3 Å². The largest absolute Gasteiger partial charge is 0.462 e. The number of halogens is 2. The van der Waals surface area contributed by atoms with Gasteiger partial charge in [-0.1, -0.05) is 29.3 Å². The molecule has 2 aromatic rings. The molecule has 1 N–H and O–H groups in total. The van der Waals surface area contributed by atoms with Crippen molar-refractivity contribution in [2.75, 3.05) is 25.0 Å². The van der Waals surface area contributed by atoms with Gasteiger partial charge in [0, 0.05) is 28.8 Å². The van der Waals surface area contributed by atoms with Crippen molar-refractivity contribution in [2.24, 2.45) is 5.92 Å². The number of amides is 1. The third kappa shape index (κ3) is 5.95. The molecule has 1 amide bonds. The lowest BCUT2D eigenvalue weighted by atomic mass is 9.96. The van der Waals surface area contributed by atoms with E-state index in [-0.39, 0.29) is 17.8 Å². The molecule has 1 aliphatic heterocycles. The lowest BCUT2D eigenvalue weighted by molar-refractivity contribution is -0.121. The molecule has 1 saturated heterocycles. The summed E-state index contributed by atoms with van der Waals surface area (Å²) in [6.07, 6.45) is 1.79. The van der Waals surface area contributed by atoms with E-state index in [1.54, 1.807) is 37.3 Å². The van der Waals surface area contributed by atoms with E-state index in [9.17, 15) is 9.59 Å². The Morgan fingerprint density at radius 3 is 2.62 bits per heavy atom. The lowest BCUT2D eigenvalue weighted by Gasteiger charge is -2.32. The molecule has 2 aromatic carbocycles. The van der Waals surface area contributed by atoms with Crippen LogP contribution in [0.3, 0.4) is 0 Å². The number of benzene rings is 2. The third-order valence-corrected chi connectivity index (χ3v) is 5.54. The minimum atomic E-state index is -0.367. The molecule has 0 saturated carbocycles. The minimum Gasteiger partial charge on any atom is -0.462 e. The van der Waals surface area contributed by atoms with Crippen molar-refractivity contribution in [3.8, 4) is 0 Å². The highest BCUT2D eigenvalue weighted by Crippen LogP contribution is 2.25. The highest BCUT2D eigenvalue weighted by molar-refractivity contribution is 6.35. The van der Waals surface area contributed by atoms with Gasteiger partial charge in [-0.25, -0.2) is 4.79 Å². The number of piperidine rings is 1. The van der Waals surface area contributed by atoms with Crippen LogP contribution in [-0.4, -0.2) is 36.5 Å². The van der Waals surface area contributed by atoms with Gasteiger partial charge in [-0.15, -0.1) is 0 Å². The molecule has 0 unspecified atom stereocenters. The highest BCUT2D eigenvalue weighted by Gasteiger charge is 2.26. The summed E-state index contributed by atoms with van der Waals surface area (Å²) >= 11 is 12.3. The summed E-state index contributed by atoms with van der Waals surface area (Å²) in [6.45, 7) is 4.38. The highest BCUT2D eigenvalue weighted by atomic mass is 35.5. The number of ether oxygens (including phenoxy) is 1. The Bertz CT molecular complexity index is 871. The second kappa shape index (κ2) is 10.1. The second-order valence-corrected chi connectivity index (χ2v) is 7.94. The third-order valence-electron chi connectivity index (χ3n) is 4.95. The number of esters is 1. The monoisotopic (exact) mass is 434 g/mol. The number of carbonyl (C=O) groups excluding carboxylic acids is 2. The zero-order valence-corrected chi connectivity index (χ0v) is 17.8. The van der Waals surface area contributed by atoms with Crippen LogP contribution >= 0.6 is 23.2 Å². The van der Waals surface area contributed by atoms with Gasteiger partial charge in [0.25, 0.3) is 0 Å². The van der Waals surface area contributed by atoms with Crippen molar-refractivity contribution in [3.05, 3.63) is 63.6 Å². The molecule has 5 nitrogen and oxygen atoms in total. The first-order chi connectivity index (χ1) is 14.0. The van der Waals surface area contributed by atoms with Gasteiger partial charge in [0.05, 0.1) is 18.1 Å². The molecule has 0 aromatic heterocycles. The molecular weight excluding hydrogens is 411 g/mol. The standard InChI is InChI=1S/C22H24Cl2N2O3/c1-2-29-22(28)15-6-9-19(10-7-15)25-21(27)17-4-3-11-26(14-17)13-16-5-8-18(23)12-20(16)24/h5-10,12,17H,2-4,11,13-14H2,1H3,(H,25,27)/t17-/m0/s1. The number of nitrogens with one attached hydrogen (secondary N) is 1. The molecule has 0 spiro atoms. The van der Waals surface area contributed by atoms with Crippen LogP contribution in [0.25, 0.3) is 0 Å². The van der Waals surface area contributed by atoms with Crippen LogP contribution in [0.5, 0.6) is 0 Å². The summed E-state index contributed by atoms with van der Waals surface area (Å²) < 4.78 is 4.97. The van der Waals surface area contributed by atoms with E-state index in [1.165, 1.54) is 0 Å². The summed E-state index contributed by atoms with van der Waals surface area (Å²) in [5.41, 5.74) is 2.14. The molecule has 0 radical (unpaired) electrons. The predicted molar refractivity (Wildman–Crippen MR) is 115 cm³/mol. The van der Waals surface area contributed by atoms with Gasteiger partial charge < -0.3 is 10.1 Å². The fourth-order valence-electron chi connectivity index (χ4n) is 3.45. The summed E-state index contributed by atoms with van der Waals surface area (Å²) in [6, 6.07) is 12.3. The van der Waals surface area contributed by atoms with E-state index in [2.05, 4.69) is 10.2 Å². The molecular formula is C22H24Cl2N2O3. The van der Waals surface area contributed by atoms with E-state index in [0.717, 1.165) is 24.9 Å². The smallest absolute Gasteiger partial charge is 0.338 e. The molecule has 1 heterocycles. The summed E-state index contributed by atoms with van der Waals surface area (Å²) in [5, 5.41) is 4.21. The first-order valence-electron chi connectivity index (χ1n) is 9.70. The maximum Gasteiger partial charge on any atom is 0.338 e. The average molecular weight is 435 g/mol. The fraction of sp³-hybridized carbons (Fsp3) is 0.364. The minimum absolute atomic E-state index is 0.0132. The van der Waals surface area contributed by atoms with Gasteiger partial charge in [0.15, 0.2) is 0 Å². The SMILES string of the molecule is CCOC(=O)c1ccc(NC(=O)[C@H]2CCCN(Cc3ccc(Cl)cc3Cl)C2)cc1. The first kappa shape index (κ1) is 21.6. The van der Waals surface area contributed by atoms with Crippen molar-refractivity contribution >= 4 is 40.8 Å². The zero-order chi connectivity index (χ0) is 20.8. The number of hydrogen-bond donors (Lipinski definition) is 1. The predicted octanol–water partition coefficient (Wildman–Crippen LogP) is 5.02. The number of nitrogens with zero attached hydrogens (tertiary/aromatic N) is 1. The van der Waals surface area contributed by atoms with Crippen molar-refractivity contribution in [1.29, 1.82) is 0 Å². The Balaban J connectivity index is 1.57. The van der Waals surface area contributed by atoms with Crippen LogP contribution in [0.1, 0.15) is 35.7 Å². The number of carbonyl (C=O) groups is 2. The van der Waals surface area contributed by atoms with E-state index in [0.29, 0.717) is 41.0 Å². The van der Waals surface area contributed by atoms with Gasteiger partial charge in [-0.2, -0.15) is 0 Å². The maximum atomic E-state index is 12.7. The number of likely N-dealkylation sites (tertiary alicyclic amines) is 1. The van der Waals surface area contributed by atoms with Crippen LogP contribution in [0.2, 0.25) is 10.0 Å². The summed E-state index contributed by atoms with van der Waals surface area (Å²) in [4.78, 5) is 26.7. The Morgan fingerprint density at radius 1 is 1.17 bits per heavy atom. The summed E-state index contributed by atoms with van der Waals surface area (Å²) in [7, 11) is 0. The molecule has 7 heteroatoms. The van der Waals surface area contributed by atoms with Gasteiger partial charge in [-0.3, -0.25) is 9.69 Å². The topological polar surface area (TPSA) is 58.6 Å². The van der Waals surface area contributed by atoms with Crippen LogP contribution in [0, 0.1) is 5.92 Å². The Labute approximate surface area is 180 Å². The molecule has 3 rings (SSSR count). The molecule has 29 heavy (non-hydrogen) atoms. The van der Waals surface area contributed by atoms with Crippen LogP contribution in [-0.2, 0) is 16.1 Å². The first-order valence-corrected chi connectivity index (χ1v) is 10.5. The van der Waals surface area contributed by atoms with Crippen molar-refractivity contribution in [1.82, 2.24) is 4.90 Å². The quantitative estimate of drug-likeness (QED) is 0.648. The normalized spacial score (nSPS) is 17.0. The van der Waals surface area contributed by atoms with Gasteiger partial charge in [-0.05, 0) is 68.3 Å². The maximum absolute atomic E-state index is 12.7. The van der Waals surface area contributed by atoms with E-state index >= 15 is 0 Å². The Morgan fingerprint density at radius 2 is 1.93 bits per heavy atom. The number of rotatable bonds is 6. The molecule has 1 atom stereocenters. The average Bonchev–Trinajstić information content (AvgIpc) is 2.71. The Kier molecular flexibility index (Phi) is 7.53. The number of hydrogen-bond acceptors (Lipinski definition) is 4. The molecule has 1 aliphatic rings. The zero-order valence-electron chi connectivity index (χ0n) is 16.3. The Hall–Kier alpha value is -2.08. The van der Waals surface area contributed by atoms with Crippen molar-refractivity contribution in [3.63, 3.8) is 0 Å². The van der Waals surface area contributed by atoms with Gasteiger partial charge >= 0.3 is 5.97 Å². The molecule has 154 valence electrons. The van der Waals surface area contributed by atoms with Crippen LogP contribution in [0.4, 0.5) is 5.69 Å². The van der Waals surface area contributed by atoms with E-state index in [4.69, 9.17) is 27.9 Å². The second-order valence-electron chi connectivity index (χ2n) is 7.10. The van der Waals surface area contributed by atoms with Gasteiger partial charge in [0.1, 0.15) is 0 Å². The van der Waals surface area contributed by atoms with Crippen LogP contribution in [0.15, 0.2) is 42.5 Å². The van der Waals surface area contributed by atoms with E-state index < -0.39 is 0 Å². The summed E-state index contributed by atoms with van der Waals surface area (Å²) in [5.74, 6) is -0.477. The van der Waals surface area contributed by atoms with Crippen molar-refractivity contribution < 1.29 is 14.3 Å². The van der Waals surface area contributed by atoms with E-state index in [1.807, 2.05) is 12.1 Å².